The summed E-state index contributed by atoms with van der Waals surface area (Å²) in [6, 6.07) is 9.25. The van der Waals surface area contributed by atoms with Crippen LogP contribution in [0, 0.1) is 25.1 Å². The molecular weight excluding hydrogens is 507 g/mol. The Bertz CT molecular complexity index is 1370. The molecule has 0 radical (unpaired) electrons. The summed E-state index contributed by atoms with van der Waals surface area (Å²) < 4.78 is 59.4. The SMILES string of the molecule is COC(=O)c1ccc(COc2cc(F)c(C)cc2N(CC2(C)COC2)S(=O)(=O)c2nc(C)cs2)cc1. The Labute approximate surface area is 213 Å². The van der Waals surface area contributed by atoms with Crippen LogP contribution in [0.3, 0.4) is 0 Å². The number of thiazole rings is 1. The molecule has 1 aromatic heterocycles. The summed E-state index contributed by atoms with van der Waals surface area (Å²) in [6.07, 6.45) is 0. The van der Waals surface area contributed by atoms with Gasteiger partial charge in [0.25, 0.3) is 10.0 Å². The lowest BCUT2D eigenvalue weighted by atomic mass is 9.88. The average molecular weight is 535 g/mol. The van der Waals surface area contributed by atoms with Gasteiger partial charge in [-0.25, -0.2) is 14.2 Å². The first kappa shape index (κ1) is 26.1. The number of benzene rings is 2. The van der Waals surface area contributed by atoms with Gasteiger partial charge in [-0.05, 0) is 43.2 Å². The van der Waals surface area contributed by atoms with Crippen molar-refractivity contribution in [3.05, 3.63) is 70.0 Å². The Morgan fingerprint density at radius 2 is 1.92 bits per heavy atom. The maximum Gasteiger partial charge on any atom is 0.337 e. The number of methoxy groups -OCH3 is 1. The molecule has 1 aliphatic rings. The van der Waals surface area contributed by atoms with Gasteiger partial charge in [-0.15, -0.1) is 11.3 Å². The minimum absolute atomic E-state index is 0.0293. The van der Waals surface area contributed by atoms with Crippen molar-refractivity contribution in [3.8, 4) is 5.75 Å². The maximum absolute atomic E-state index is 14.6. The quantitative estimate of drug-likeness (QED) is 0.373. The van der Waals surface area contributed by atoms with E-state index < -0.39 is 27.2 Å². The van der Waals surface area contributed by atoms with Crippen LogP contribution >= 0.6 is 11.3 Å². The molecule has 3 aromatic rings. The molecule has 1 aliphatic heterocycles. The number of sulfonamides is 1. The van der Waals surface area contributed by atoms with Crippen molar-refractivity contribution in [1.29, 1.82) is 0 Å². The number of hydrogen-bond donors (Lipinski definition) is 0. The maximum atomic E-state index is 14.6. The van der Waals surface area contributed by atoms with E-state index in [9.17, 15) is 17.6 Å². The molecule has 0 N–H and O–H groups in total. The number of esters is 1. The van der Waals surface area contributed by atoms with Crippen molar-refractivity contribution < 1.29 is 31.8 Å². The van der Waals surface area contributed by atoms with Gasteiger partial charge >= 0.3 is 5.97 Å². The molecule has 1 saturated heterocycles. The van der Waals surface area contributed by atoms with Gasteiger partial charge in [0.05, 0.1) is 31.6 Å². The van der Waals surface area contributed by atoms with Crippen molar-refractivity contribution in [1.82, 2.24) is 4.98 Å². The predicted octanol–water partition coefficient (Wildman–Crippen LogP) is 4.50. The predicted molar refractivity (Wildman–Crippen MR) is 134 cm³/mol. The van der Waals surface area contributed by atoms with Crippen LogP contribution in [0.2, 0.25) is 0 Å². The molecule has 4 rings (SSSR count). The Balaban J connectivity index is 1.71. The fourth-order valence-electron chi connectivity index (χ4n) is 3.71. The Morgan fingerprint density at radius 1 is 1.22 bits per heavy atom. The molecule has 1 fully saturated rings. The molecule has 0 unspecified atom stereocenters. The highest BCUT2D eigenvalue weighted by atomic mass is 32.2. The number of ether oxygens (including phenoxy) is 3. The summed E-state index contributed by atoms with van der Waals surface area (Å²) >= 11 is 1.04. The molecule has 0 amide bonds. The first-order valence-electron chi connectivity index (χ1n) is 11.2. The fraction of sp³-hybridized carbons (Fsp3) is 0.360. The Hall–Kier alpha value is -3.02. The van der Waals surface area contributed by atoms with Gasteiger partial charge in [0.2, 0.25) is 4.34 Å². The smallest absolute Gasteiger partial charge is 0.337 e. The van der Waals surface area contributed by atoms with E-state index in [1.165, 1.54) is 23.5 Å². The van der Waals surface area contributed by atoms with Crippen LogP contribution in [0.5, 0.6) is 5.75 Å². The lowest BCUT2D eigenvalue weighted by Gasteiger charge is -2.41. The molecule has 11 heteroatoms. The monoisotopic (exact) mass is 534 g/mol. The van der Waals surface area contributed by atoms with E-state index in [1.54, 1.807) is 43.5 Å². The highest BCUT2D eigenvalue weighted by Crippen LogP contribution is 2.39. The van der Waals surface area contributed by atoms with E-state index >= 15 is 0 Å². The summed E-state index contributed by atoms with van der Waals surface area (Å²) in [5.41, 5.74) is 1.78. The summed E-state index contributed by atoms with van der Waals surface area (Å²) in [5.74, 6) is -0.900. The zero-order valence-electron chi connectivity index (χ0n) is 20.4. The number of carbonyl (C=O) groups is 1. The molecule has 0 bridgehead atoms. The van der Waals surface area contributed by atoms with Gasteiger partial charge in [0.1, 0.15) is 18.2 Å². The molecule has 8 nitrogen and oxygen atoms in total. The third kappa shape index (κ3) is 5.37. The Morgan fingerprint density at radius 3 is 2.47 bits per heavy atom. The second-order valence-corrected chi connectivity index (χ2v) is 12.0. The zero-order valence-corrected chi connectivity index (χ0v) is 22.0. The molecular formula is C25H27FN2O6S2. The second kappa shape index (κ2) is 10.2. The van der Waals surface area contributed by atoms with Crippen molar-refractivity contribution >= 4 is 33.0 Å². The van der Waals surface area contributed by atoms with Crippen LogP contribution in [0.15, 0.2) is 46.1 Å². The van der Waals surface area contributed by atoms with Gasteiger partial charge in [-0.3, -0.25) is 4.31 Å². The topological polar surface area (TPSA) is 95.0 Å². The van der Waals surface area contributed by atoms with Crippen LogP contribution in [-0.2, 0) is 26.1 Å². The van der Waals surface area contributed by atoms with Crippen molar-refractivity contribution in [2.75, 3.05) is 31.2 Å². The number of rotatable bonds is 9. The molecule has 0 atom stereocenters. The number of aryl methyl sites for hydroxylation is 2. The third-order valence-electron chi connectivity index (χ3n) is 5.81. The first-order valence-corrected chi connectivity index (χ1v) is 13.5. The molecule has 192 valence electrons. The number of anilines is 1. The summed E-state index contributed by atoms with van der Waals surface area (Å²) in [6.45, 7) is 6.18. The van der Waals surface area contributed by atoms with E-state index in [-0.39, 0.29) is 34.5 Å². The van der Waals surface area contributed by atoms with Crippen LogP contribution in [0.1, 0.15) is 34.1 Å². The second-order valence-electron chi connectivity index (χ2n) is 9.12. The van der Waals surface area contributed by atoms with Gasteiger partial charge < -0.3 is 14.2 Å². The van der Waals surface area contributed by atoms with E-state index in [1.807, 2.05) is 6.92 Å². The number of nitrogens with zero attached hydrogens (tertiary/aromatic N) is 2. The van der Waals surface area contributed by atoms with E-state index in [0.29, 0.717) is 30.0 Å². The van der Waals surface area contributed by atoms with E-state index in [4.69, 9.17) is 14.2 Å². The van der Waals surface area contributed by atoms with Gasteiger partial charge in [-0.1, -0.05) is 19.1 Å². The number of hydrogen-bond acceptors (Lipinski definition) is 8. The van der Waals surface area contributed by atoms with Crippen molar-refractivity contribution in [2.45, 2.75) is 31.7 Å². The first-order chi connectivity index (χ1) is 17.0. The lowest BCUT2D eigenvalue weighted by molar-refractivity contribution is -0.0941. The fourth-order valence-corrected chi connectivity index (χ4v) is 6.46. The standard InChI is InChI=1S/C25H27FN2O6S2/c1-16-9-21(22(10-20(16)26)34-11-18-5-7-19(8-6-18)23(29)32-4)28(13-25(3)14-33-15-25)36(30,31)24-27-17(2)12-35-24/h5-10,12H,11,13-15H2,1-4H3. The van der Waals surface area contributed by atoms with Gasteiger partial charge in [-0.2, -0.15) is 8.42 Å². The summed E-state index contributed by atoms with van der Waals surface area (Å²) in [4.78, 5) is 15.9. The molecule has 36 heavy (non-hydrogen) atoms. The molecule has 2 aromatic carbocycles. The average Bonchev–Trinajstić information content (AvgIpc) is 3.29. The van der Waals surface area contributed by atoms with Crippen LogP contribution in [0.25, 0.3) is 0 Å². The highest BCUT2D eigenvalue weighted by Gasteiger charge is 2.41. The number of aromatic nitrogens is 1. The van der Waals surface area contributed by atoms with Crippen molar-refractivity contribution in [2.24, 2.45) is 5.41 Å². The van der Waals surface area contributed by atoms with Gasteiger partial charge in [0, 0.05) is 29.1 Å². The molecule has 0 saturated carbocycles. The lowest BCUT2D eigenvalue weighted by Crippen LogP contribution is -2.50. The van der Waals surface area contributed by atoms with Crippen LogP contribution in [-0.4, -0.2) is 46.2 Å². The van der Waals surface area contributed by atoms with Crippen LogP contribution < -0.4 is 9.04 Å². The minimum Gasteiger partial charge on any atom is -0.487 e. The molecule has 0 spiro atoms. The highest BCUT2D eigenvalue weighted by molar-refractivity contribution is 7.94. The third-order valence-corrected chi connectivity index (χ3v) is 8.92. The normalized spacial score (nSPS) is 14.7. The number of halogens is 1. The zero-order chi connectivity index (χ0) is 26.1. The van der Waals surface area contributed by atoms with Crippen LogP contribution in [0.4, 0.5) is 10.1 Å². The van der Waals surface area contributed by atoms with Gasteiger partial charge in [0.15, 0.2) is 0 Å². The largest absolute Gasteiger partial charge is 0.487 e. The summed E-state index contributed by atoms with van der Waals surface area (Å²) in [7, 11) is -2.76. The van der Waals surface area contributed by atoms with Crippen molar-refractivity contribution in [3.63, 3.8) is 0 Å². The van der Waals surface area contributed by atoms with E-state index in [0.717, 1.165) is 11.3 Å². The minimum atomic E-state index is -4.06. The van der Waals surface area contributed by atoms with E-state index in [2.05, 4.69) is 4.98 Å². The Kier molecular flexibility index (Phi) is 7.35. The number of carbonyl (C=O) groups excluding carboxylic acids is 1. The molecule has 0 aliphatic carbocycles. The summed E-state index contributed by atoms with van der Waals surface area (Å²) in [5, 5.41) is 1.67. The molecule has 2 heterocycles.